The summed E-state index contributed by atoms with van der Waals surface area (Å²) in [6.45, 7) is 2.51. The molecular formula is C25H28N2O4S2. The van der Waals surface area contributed by atoms with Crippen LogP contribution in [-0.2, 0) is 16.6 Å². The summed E-state index contributed by atoms with van der Waals surface area (Å²) in [5.74, 6) is 0.620. The quantitative estimate of drug-likeness (QED) is 0.404. The number of sulfonamides is 1. The lowest BCUT2D eigenvalue weighted by Crippen LogP contribution is -2.31. The minimum absolute atomic E-state index is 0.143. The molecule has 0 aliphatic heterocycles. The number of methoxy groups -OCH3 is 1. The molecule has 0 heterocycles. The average molecular weight is 485 g/mol. The Kier molecular flexibility index (Phi) is 8.05. The molecule has 3 aromatic carbocycles. The van der Waals surface area contributed by atoms with Crippen LogP contribution in [0.1, 0.15) is 22.8 Å². The molecule has 0 atom stereocenters. The summed E-state index contributed by atoms with van der Waals surface area (Å²) in [5.41, 5.74) is 1.99. The number of carbonyl (C=O) groups excluding carboxylic acids is 1. The van der Waals surface area contributed by atoms with Crippen LogP contribution in [0.15, 0.2) is 82.6 Å². The first-order valence-electron chi connectivity index (χ1n) is 10.5. The summed E-state index contributed by atoms with van der Waals surface area (Å²) >= 11 is 1.56. The number of hydrogen-bond acceptors (Lipinski definition) is 5. The molecule has 174 valence electrons. The second kappa shape index (κ2) is 10.8. The van der Waals surface area contributed by atoms with Crippen LogP contribution in [0, 0.1) is 0 Å². The number of ether oxygens (including phenoxy) is 1. The van der Waals surface area contributed by atoms with E-state index in [1.54, 1.807) is 86.3 Å². The molecule has 8 heteroatoms. The van der Waals surface area contributed by atoms with Gasteiger partial charge in [-0.3, -0.25) is 9.10 Å². The fourth-order valence-electron chi connectivity index (χ4n) is 3.43. The molecule has 1 amide bonds. The molecule has 0 aliphatic rings. The Labute approximate surface area is 200 Å². The Morgan fingerprint density at radius 3 is 2.06 bits per heavy atom. The van der Waals surface area contributed by atoms with Gasteiger partial charge in [-0.25, -0.2) is 8.42 Å². The third-order valence-electron chi connectivity index (χ3n) is 5.26. The second-order valence-corrected chi connectivity index (χ2v) is 10.1. The van der Waals surface area contributed by atoms with Crippen molar-refractivity contribution in [2.75, 3.05) is 31.3 Å². The first-order valence-corrected chi connectivity index (χ1v) is 13.1. The molecule has 6 nitrogen and oxygen atoms in total. The maximum absolute atomic E-state index is 13.2. The van der Waals surface area contributed by atoms with E-state index in [1.807, 2.05) is 30.5 Å². The molecule has 0 unspecified atom stereocenters. The van der Waals surface area contributed by atoms with Crippen molar-refractivity contribution in [2.24, 2.45) is 0 Å². The lowest BCUT2D eigenvalue weighted by Gasteiger charge is -2.23. The minimum atomic E-state index is -3.71. The van der Waals surface area contributed by atoms with E-state index in [-0.39, 0.29) is 17.3 Å². The highest BCUT2D eigenvalue weighted by molar-refractivity contribution is 7.98. The number of thioether (sulfide) groups is 1. The number of carbonyl (C=O) groups is 1. The highest BCUT2D eigenvalue weighted by atomic mass is 32.2. The SMILES string of the molecule is CCN(c1ccc(C(=O)N(C)Cc2ccc(OC)cc2)cc1)S(=O)(=O)c1ccc(SC)cc1. The third kappa shape index (κ3) is 5.69. The number of nitrogens with zero attached hydrogens (tertiary/aromatic N) is 2. The van der Waals surface area contributed by atoms with E-state index in [2.05, 4.69) is 0 Å². The smallest absolute Gasteiger partial charge is 0.264 e. The van der Waals surface area contributed by atoms with Gasteiger partial charge in [-0.05, 0) is 79.4 Å². The van der Waals surface area contributed by atoms with Crippen LogP contribution in [0.25, 0.3) is 0 Å². The zero-order valence-electron chi connectivity index (χ0n) is 19.2. The lowest BCUT2D eigenvalue weighted by molar-refractivity contribution is 0.0785. The number of anilines is 1. The van der Waals surface area contributed by atoms with Crippen molar-refractivity contribution in [1.29, 1.82) is 0 Å². The first-order chi connectivity index (χ1) is 15.8. The topological polar surface area (TPSA) is 66.9 Å². The molecule has 3 rings (SSSR count). The number of amides is 1. The second-order valence-electron chi connectivity index (χ2n) is 7.40. The zero-order chi connectivity index (χ0) is 24.0. The fourth-order valence-corrected chi connectivity index (χ4v) is 5.32. The van der Waals surface area contributed by atoms with E-state index in [4.69, 9.17) is 4.74 Å². The summed E-state index contributed by atoms with van der Waals surface area (Å²) in [6, 6.07) is 21.1. The number of benzene rings is 3. The Hall–Kier alpha value is -2.97. The molecule has 0 spiro atoms. The van der Waals surface area contributed by atoms with Crippen LogP contribution < -0.4 is 9.04 Å². The molecule has 3 aromatic rings. The maximum atomic E-state index is 13.2. The highest BCUT2D eigenvalue weighted by Gasteiger charge is 2.24. The van der Waals surface area contributed by atoms with Crippen molar-refractivity contribution in [2.45, 2.75) is 23.3 Å². The highest BCUT2D eigenvalue weighted by Crippen LogP contribution is 2.26. The van der Waals surface area contributed by atoms with Crippen LogP contribution in [0.2, 0.25) is 0 Å². The number of hydrogen-bond donors (Lipinski definition) is 0. The fraction of sp³-hybridized carbons (Fsp3) is 0.240. The normalized spacial score (nSPS) is 11.2. The summed E-state index contributed by atoms with van der Waals surface area (Å²) in [7, 11) is -0.357. The molecule has 0 saturated carbocycles. The maximum Gasteiger partial charge on any atom is 0.264 e. The predicted molar refractivity (Wildman–Crippen MR) is 134 cm³/mol. The standard InChI is InChI=1S/C25H28N2O4S2/c1-5-27(33(29,30)24-16-14-23(32-4)15-17-24)21-10-8-20(9-11-21)25(28)26(2)18-19-6-12-22(31-3)13-7-19/h6-17H,5,18H2,1-4H3. The van der Waals surface area contributed by atoms with E-state index in [9.17, 15) is 13.2 Å². The van der Waals surface area contributed by atoms with Crippen LogP contribution >= 0.6 is 11.8 Å². The molecule has 0 N–H and O–H groups in total. The van der Waals surface area contributed by atoms with E-state index in [0.717, 1.165) is 16.2 Å². The van der Waals surface area contributed by atoms with Crippen LogP contribution in [-0.4, -0.2) is 46.2 Å². The van der Waals surface area contributed by atoms with Crippen molar-refractivity contribution < 1.29 is 17.9 Å². The third-order valence-corrected chi connectivity index (χ3v) is 7.92. The zero-order valence-corrected chi connectivity index (χ0v) is 20.8. The lowest BCUT2D eigenvalue weighted by atomic mass is 10.1. The van der Waals surface area contributed by atoms with Crippen molar-refractivity contribution in [3.8, 4) is 5.75 Å². The van der Waals surface area contributed by atoms with Gasteiger partial charge in [0, 0.05) is 30.6 Å². The van der Waals surface area contributed by atoms with Gasteiger partial charge in [0.1, 0.15) is 5.75 Å². The van der Waals surface area contributed by atoms with E-state index >= 15 is 0 Å². The Morgan fingerprint density at radius 1 is 0.939 bits per heavy atom. The van der Waals surface area contributed by atoms with Crippen molar-refractivity contribution in [1.82, 2.24) is 4.90 Å². The van der Waals surface area contributed by atoms with Gasteiger partial charge in [-0.1, -0.05) is 12.1 Å². The Balaban J connectivity index is 1.75. The van der Waals surface area contributed by atoms with Crippen molar-refractivity contribution in [3.63, 3.8) is 0 Å². The van der Waals surface area contributed by atoms with Crippen LogP contribution in [0.5, 0.6) is 5.75 Å². The Morgan fingerprint density at radius 2 is 1.55 bits per heavy atom. The Bertz CT molecular complexity index is 1180. The molecule has 0 aliphatic carbocycles. The van der Waals surface area contributed by atoms with Gasteiger partial charge in [-0.15, -0.1) is 11.8 Å². The first kappa shape index (κ1) is 24.7. The van der Waals surface area contributed by atoms with Gasteiger partial charge in [0.25, 0.3) is 15.9 Å². The van der Waals surface area contributed by atoms with Gasteiger partial charge < -0.3 is 9.64 Å². The van der Waals surface area contributed by atoms with Crippen molar-refractivity contribution >= 4 is 33.4 Å². The monoisotopic (exact) mass is 484 g/mol. The van der Waals surface area contributed by atoms with E-state index < -0.39 is 10.0 Å². The van der Waals surface area contributed by atoms with Gasteiger partial charge >= 0.3 is 0 Å². The largest absolute Gasteiger partial charge is 0.497 e. The minimum Gasteiger partial charge on any atom is -0.497 e. The molecule has 0 aromatic heterocycles. The molecule has 0 bridgehead atoms. The summed E-state index contributed by atoms with van der Waals surface area (Å²) in [6.07, 6.45) is 1.94. The van der Waals surface area contributed by atoms with Crippen molar-refractivity contribution in [3.05, 3.63) is 83.9 Å². The molecule has 0 fully saturated rings. The number of rotatable bonds is 9. The van der Waals surface area contributed by atoms with Gasteiger partial charge in [0.15, 0.2) is 0 Å². The summed E-state index contributed by atoms with van der Waals surface area (Å²) in [4.78, 5) is 15.7. The van der Waals surface area contributed by atoms with Crippen LogP contribution in [0.4, 0.5) is 5.69 Å². The van der Waals surface area contributed by atoms with Crippen LogP contribution in [0.3, 0.4) is 0 Å². The summed E-state index contributed by atoms with van der Waals surface area (Å²) in [5, 5.41) is 0. The van der Waals surface area contributed by atoms with E-state index in [1.165, 1.54) is 4.31 Å². The van der Waals surface area contributed by atoms with Gasteiger partial charge in [0.2, 0.25) is 0 Å². The van der Waals surface area contributed by atoms with Gasteiger partial charge in [0.05, 0.1) is 17.7 Å². The average Bonchev–Trinajstić information content (AvgIpc) is 2.84. The van der Waals surface area contributed by atoms with Gasteiger partial charge in [-0.2, -0.15) is 0 Å². The summed E-state index contributed by atoms with van der Waals surface area (Å²) < 4.78 is 32.9. The molecular weight excluding hydrogens is 456 g/mol. The predicted octanol–water partition coefficient (Wildman–Crippen LogP) is 4.90. The molecule has 0 radical (unpaired) electrons. The molecule has 0 saturated heterocycles. The van der Waals surface area contributed by atoms with E-state index in [0.29, 0.717) is 17.8 Å². The molecule has 33 heavy (non-hydrogen) atoms.